The quantitative estimate of drug-likeness (QED) is 0.748. The Labute approximate surface area is 119 Å². The Morgan fingerprint density at radius 1 is 1.42 bits per heavy atom. The summed E-state index contributed by atoms with van der Waals surface area (Å²) in [4.78, 5) is 12.1. The van der Waals surface area contributed by atoms with Crippen molar-refractivity contribution in [1.82, 2.24) is 5.32 Å². The number of nitrogens with one attached hydrogen (secondary N) is 2. The summed E-state index contributed by atoms with van der Waals surface area (Å²) in [6, 6.07) is 5.37. The van der Waals surface area contributed by atoms with E-state index in [1.54, 1.807) is 12.1 Å². The number of hydrogen-bond donors (Lipinski definition) is 2. The van der Waals surface area contributed by atoms with Crippen LogP contribution in [0.1, 0.15) is 43.0 Å². The van der Waals surface area contributed by atoms with Gasteiger partial charge in [0, 0.05) is 23.8 Å². The Bertz CT molecular complexity index is 444. The van der Waals surface area contributed by atoms with Crippen molar-refractivity contribution in [2.45, 2.75) is 32.6 Å². The molecule has 104 valence electrons. The van der Waals surface area contributed by atoms with Crippen molar-refractivity contribution < 1.29 is 4.79 Å². The summed E-state index contributed by atoms with van der Waals surface area (Å²) in [6.45, 7) is 3.53. The van der Waals surface area contributed by atoms with Crippen LogP contribution in [0, 0.1) is 5.92 Å². The molecule has 0 aromatic heterocycles. The molecule has 1 amide bonds. The Morgan fingerprint density at radius 3 is 2.89 bits per heavy atom. The van der Waals surface area contributed by atoms with Gasteiger partial charge in [0.25, 0.3) is 5.91 Å². The van der Waals surface area contributed by atoms with Crippen LogP contribution in [0.15, 0.2) is 18.2 Å². The second-order valence-corrected chi connectivity index (χ2v) is 5.50. The third-order valence-electron chi connectivity index (χ3n) is 3.37. The normalized spacial score (nSPS) is 14.2. The third-order valence-corrected chi connectivity index (χ3v) is 3.60. The summed E-state index contributed by atoms with van der Waals surface area (Å²) in [5, 5.41) is 6.74. The van der Waals surface area contributed by atoms with Crippen molar-refractivity contribution in [3.05, 3.63) is 28.8 Å². The molecule has 0 saturated heterocycles. The van der Waals surface area contributed by atoms with E-state index in [-0.39, 0.29) is 5.91 Å². The van der Waals surface area contributed by atoms with E-state index in [9.17, 15) is 4.79 Å². The average molecular weight is 281 g/mol. The lowest BCUT2D eigenvalue weighted by molar-refractivity contribution is 0.0953. The summed E-state index contributed by atoms with van der Waals surface area (Å²) in [7, 11) is 0. The first-order valence-electron chi connectivity index (χ1n) is 7.02. The highest BCUT2D eigenvalue weighted by Crippen LogP contribution is 2.33. The zero-order chi connectivity index (χ0) is 13.7. The molecule has 1 aromatic rings. The molecular formula is C15H21ClN2O. The van der Waals surface area contributed by atoms with Crippen LogP contribution in [-0.2, 0) is 0 Å². The van der Waals surface area contributed by atoms with Gasteiger partial charge in [-0.05, 0) is 43.9 Å². The number of carbonyl (C=O) groups is 1. The first kappa shape index (κ1) is 14.2. The van der Waals surface area contributed by atoms with Crippen molar-refractivity contribution >= 4 is 23.2 Å². The molecular weight excluding hydrogens is 260 g/mol. The number of carbonyl (C=O) groups excluding carboxylic acids is 1. The van der Waals surface area contributed by atoms with E-state index in [1.165, 1.54) is 19.3 Å². The van der Waals surface area contributed by atoms with Gasteiger partial charge in [-0.2, -0.15) is 0 Å². The minimum absolute atomic E-state index is 0.0470. The smallest absolute Gasteiger partial charge is 0.253 e. The van der Waals surface area contributed by atoms with Crippen LogP contribution in [0.2, 0.25) is 5.02 Å². The van der Waals surface area contributed by atoms with Crippen molar-refractivity contribution in [2.75, 3.05) is 18.4 Å². The summed E-state index contributed by atoms with van der Waals surface area (Å²) >= 11 is 5.96. The zero-order valence-electron chi connectivity index (χ0n) is 11.3. The number of rotatable bonds is 7. The monoisotopic (exact) mass is 280 g/mol. The molecule has 0 spiro atoms. The Balaban J connectivity index is 1.90. The van der Waals surface area contributed by atoms with Crippen LogP contribution in [0.3, 0.4) is 0 Å². The minimum Gasteiger partial charge on any atom is -0.385 e. The van der Waals surface area contributed by atoms with Crippen LogP contribution in [-0.4, -0.2) is 19.0 Å². The largest absolute Gasteiger partial charge is 0.385 e. The maximum Gasteiger partial charge on any atom is 0.253 e. The summed E-state index contributed by atoms with van der Waals surface area (Å²) in [6.07, 6.45) is 5.03. The second-order valence-electron chi connectivity index (χ2n) is 5.06. The molecule has 1 aromatic carbocycles. The molecule has 0 bridgehead atoms. The van der Waals surface area contributed by atoms with Gasteiger partial charge in [-0.15, -0.1) is 0 Å². The van der Waals surface area contributed by atoms with Gasteiger partial charge in [-0.1, -0.05) is 24.4 Å². The summed E-state index contributed by atoms with van der Waals surface area (Å²) < 4.78 is 0. The third kappa shape index (κ3) is 4.43. The second kappa shape index (κ2) is 6.80. The number of amides is 1. The average Bonchev–Trinajstić information content (AvgIpc) is 3.21. The minimum atomic E-state index is -0.0470. The Hall–Kier alpha value is -1.22. The van der Waals surface area contributed by atoms with Gasteiger partial charge in [-0.25, -0.2) is 0 Å². The molecule has 0 radical (unpaired) electrons. The predicted molar refractivity (Wildman–Crippen MR) is 79.9 cm³/mol. The van der Waals surface area contributed by atoms with Crippen LogP contribution in [0.25, 0.3) is 0 Å². The Morgan fingerprint density at radius 2 is 2.21 bits per heavy atom. The van der Waals surface area contributed by atoms with Crippen molar-refractivity contribution in [3.8, 4) is 0 Å². The summed E-state index contributed by atoms with van der Waals surface area (Å²) in [5.74, 6) is 0.870. The summed E-state index contributed by atoms with van der Waals surface area (Å²) in [5.41, 5.74) is 1.47. The molecule has 0 atom stereocenters. The van der Waals surface area contributed by atoms with Gasteiger partial charge in [0.1, 0.15) is 0 Å². The van der Waals surface area contributed by atoms with Crippen molar-refractivity contribution in [3.63, 3.8) is 0 Å². The first-order valence-corrected chi connectivity index (χ1v) is 7.40. The lowest BCUT2D eigenvalue weighted by atomic mass is 10.1. The lowest BCUT2D eigenvalue weighted by Gasteiger charge is -2.11. The fourth-order valence-corrected chi connectivity index (χ4v) is 2.32. The van der Waals surface area contributed by atoms with Gasteiger partial charge < -0.3 is 10.6 Å². The van der Waals surface area contributed by atoms with Crippen LogP contribution in [0.4, 0.5) is 5.69 Å². The van der Waals surface area contributed by atoms with E-state index in [0.717, 1.165) is 31.1 Å². The molecule has 0 aliphatic heterocycles. The van der Waals surface area contributed by atoms with Gasteiger partial charge in [0.15, 0.2) is 0 Å². The highest BCUT2D eigenvalue weighted by atomic mass is 35.5. The van der Waals surface area contributed by atoms with Crippen LogP contribution < -0.4 is 10.6 Å². The molecule has 1 aliphatic rings. The maximum absolute atomic E-state index is 12.1. The van der Waals surface area contributed by atoms with Crippen molar-refractivity contribution in [2.24, 2.45) is 5.92 Å². The highest BCUT2D eigenvalue weighted by Gasteiger charge is 2.20. The number of hydrogen-bond acceptors (Lipinski definition) is 2. The first-order chi connectivity index (χ1) is 9.20. The zero-order valence-corrected chi connectivity index (χ0v) is 12.1. The fraction of sp³-hybridized carbons (Fsp3) is 0.533. The molecule has 2 N–H and O–H groups in total. The van der Waals surface area contributed by atoms with E-state index in [4.69, 9.17) is 11.6 Å². The van der Waals surface area contributed by atoms with E-state index in [1.807, 2.05) is 13.0 Å². The lowest BCUT2D eigenvalue weighted by Crippen LogP contribution is -2.25. The topological polar surface area (TPSA) is 41.1 Å². The van der Waals surface area contributed by atoms with E-state index >= 15 is 0 Å². The van der Waals surface area contributed by atoms with Crippen molar-refractivity contribution in [1.29, 1.82) is 0 Å². The van der Waals surface area contributed by atoms with E-state index in [2.05, 4.69) is 10.6 Å². The molecule has 1 fully saturated rings. The number of halogens is 1. The van der Waals surface area contributed by atoms with Gasteiger partial charge in [0.2, 0.25) is 0 Å². The van der Waals surface area contributed by atoms with Gasteiger partial charge in [-0.3, -0.25) is 4.79 Å². The standard InChI is InChI=1S/C15H21ClN2O/c1-2-17-14-8-7-12(16)10-13(14)15(19)18-9-3-4-11-5-6-11/h7-8,10-11,17H,2-6,9H2,1H3,(H,18,19). The predicted octanol–water partition coefficient (Wildman–Crippen LogP) is 3.69. The molecule has 0 heterocycles. The fourth-order valence-electron chi connectivity index (χ4n) is 2.14. The van der Waals surface area contributed by atoms with E-state index in [0.29, 0.717) is 10.6 Å². The molecule has 3 nitrogen and oxygen atoms in total. The molecule has 1 saturated carbocycles. The Kier molecular flexibility index (Phi) is 5.08. The number of anilines is 1. The van der Waals surface area contributed by atoms with Crippen LogP contribution >= 0.6 is 11.6 Å². The van der Waals surface area contributed by atoms with Gasteiger partial charge in [0.05, 0.1) is 5.56 Å². The molecule has 4 heteroatoms. The van der Waals surface area contributed by atoms with Gasteiger partial charge >= 0.3 is 0 Å². The molecule has 2 rings (SSSR count). The molecule has 1 aliphatic carbocycles. The SMILES string of the molecule is CCNc1ccc(Cl)cc1C(=O)NCCCC1CC1. The van der Waals surface area contributed by atoms with Crippen LogP contribution in [0.5, 0.6) is 0 Å². The van der Waals surface area contributed by atoms with E-state index < -0.39 is 0 Å². The maximum atomic E-state index is 12.1. The highest BCUT2D eigenvalue weighted by molar-refractivity contribution is 6.31. The number of benzene rings is 1. The molecule has 19 heavy (non-hydrogen) atoms. The molecule has 0 unspecified atom stereocenters.